The maximum Gasteiger partial charge on any atom is 0.253 e. The largest absolute Gasteiger partial charge is 0.493 e. The van der Waals surface area contributed by atoms with Crippen LogP contribution in [0, 0.1) is 5.92 Å². The molecule has 2 aromatic carbocycles. The van der Waals surface area contributed by atoms with Crippen molar-refractivity contribution in [2.45, 2.75) is 32.4 Å². The second kappa shape index (κ2) is 9.87. The molecular formula is C26H30N6O3. The van der Waals surface area contributed by atoms with Crippen LogP contribution in [0.2, 0.25) is 0 Å². The molecule has 0 spiro atoms. The van der Waals surface area contributed by atoms with E-state index in [0.29, 0.717) is 40.9 Å². The summed E-state index contributed by atoms with van der Waals surface area (Å²) in [5.74, 6) is 2.49. The van der Waals surface area contributed by atoms with Crippen LogP contribution >= 0.6 is 0 Å². The van der Waals surface area contributed by atoms with Gasteiger partial charge in [0.15, 0.2) is 17.3 Å². The number of aromatic amines is 1. The minimum absolute atomic E-state index is 0.164. The fourth-order valence-electron chi connectivity index (χ4n) is 4.82. The summed E-state index contributed by atoms with van der Waals surface area (Å²) in [4.78, 5) is 18.8. The van der Waals surface area contributed by atoms with E-state index in [4.69, 9.17) is 9.47 Å². The fourth-order valence-corrected chi connectivity index (χ4v) is 4.82. The van der Waals surface area contributed by atoms with Crippen LogP contribution in [0.15, 0.2) is 53.3 Å². The third kappa shape index (κ3) is 4.64. The third-order valence-electron chi connectivity index (χ3n) is 6.83. The van der Waals surface area contributed by atoms with Gasteiger partial charge in [0, 0.05) is 17.0 Å². The van der Waals surface area contributed by atoms with Crippen molar-refractivity contribution in [2.24, 2.45) is 5.92 Å². The number of piperidine rings is 1. The molecule has 0 amide bonds. The van der Waals surface area contributed by atoms with E-state index in [1.165, 1.54) is 0 Å². The number of tetrazole rings is 1. The van der Waals surface area contributed by atoms with E-state index in [9.17, 15) is 4.79 Å². The lowest BCUT2D eigenvalue weighted by molar-refractivity contribution is 0.149. The van der Waals surface area contributed by atoms with E-state index in [1.54, 1.807) is 25.0 Å². The number of H-pyrrole nitrogens is 1. The minimum atomic E-state index is -0.373. The highest BCUT2D eigenvalue weighted by Crippen LogP contribution is 2.34. The van der Waals surface area contributed by atoms with Crippen LogP contribution in [0.5, 0.6) is 11.5 Å². The van der Waals surface area contributed by atoms with Gasteiger partial charge in [-0.1, -0.05) is 37.3 Å². The van der Waals surface area contributed by atoms with Crippen LogP contribution in [0.1, 0.15) is 42.8 Å². The molecule has 0 unspecified atom stereocenters. The van der Waals surface area contributed by atoms with Crippen molar-refractivity contribution in [3.05, 3.63) is 75.8 Å². The summed E-state index contributed by atoms with van der Waals surface area (Å²) in [6.07, 6.45) is 2.13. The van der Waals surface area contributed by atoms with Crippen molar-refractivity contribution in [3.63, 3.8) is 0 Å². The highest BCUT2D eigenvalue weighted by atomic mass is 16.5. The molecule has 9 heteroatoms. The number of rotatable bonds is 7. The zero-order valence-corrected chi connectivity index (χ0v) is 20.3. The summed E-state index contributed by atoms with van der Waals surface area (Å²) >= 11 is 0. The normalized spacial score (nSPS) is 15.9. The number of ether oxygens (including phenoxy) is 2. The second-order valence-electron chi connectivity index (χ2n) is 9.15. The van der Waals surface area contributed by atoms with Crippen LogP contribution in [0.3, 0.4) is 0 Å². The average molecular weight is 475 g/mol. The smallest absolute Gasteiger partial charge is 0.253 e. The molecule has 4 aromatic rings. The molecule has 9 nitrogen and oxygen atoms in total. The lowest BCUT2D eigenvalue weighted by Crippen LogP contribution is -2.40. The summed E-state index contributed by atoms with van der Waals surface area (Å²) < 4.78 is 12.7. The fraction of sp³-hybridized carbons (Fsp3) is 0.385. The first-order chi connectivity index (χ1) is 17.1. The first-order valence-corrected chi connectivity index (χ1v) is 11.9. The molecule has 0 saturated carbocycles. The van der Waals surface area contributed by atoms with Crippen LogP contribution in [-0.2, 0) is 6.54 Å². The van der Waals surface area contributed by atoms with E-state index < -0.39 is 0 Å². The highest BCUT2D eigenvalue weighted by Gasteiger charge is 2.32. The van der Waals surface area contributed by atoms with Gasteiger partial charge in [-0.25, -0.2) is 4.68 Å². The van der Waals surface area contributed by atoms with Crippen LogP contribution in [0.4, 0.5) is 0 Å². The zero-order valence-electron chi connectivity index (χ0n) is 20.3. The molecule has 0 bridgehead atoms. The molecule has 3 heterocycles. The number of fused-ring (bicyclic) bond motifs is 1. The first kappa shape index (κ1) is 23.0. The Kier molecular flexibility index (Phi) is 6.50. The predicted molar refractivity (Wildman–Crippen MR) is 133 cm³/mol. The van der Waals surface area contributed by atoms with Gasteiger partial charge < -0.3 is 14.5 Å². The summed E-state index contributed by atoms with van der Waals surface area (Å²) in [6.45, 7) is 4.54. The molecule has 2 aromatic heterocycles. The van der Waals surface area contributed by atoms with Gasteiger partial charge in [0.05, 0.1) is 26.3 Å². The summed E-state index contributed by atoms with van der Waals surface area (Å²) in [5, 5.41) is 13.6. The van der Waals surface area contributed by atoms with E-state index in [0.717, 1.165) is 36.9 Å². The molecule has 1 fully saturated rings. The minimum Gasteiger partial charge on any atom is -0.493 e. The van der Waals surface area contributed by atoms with Crippen LogP contribution in [-0.4, -0.2) is 57.4 Å². The number of nitrogens with zero attached hydrogens (tertiary/aromatic N) is 5. The Bertz CT molecular complexity index is 1360. The van der Waals surface area contributed by atoms with Crippen molar-refractivity contribution < 1.29 is 9.47 Å². The Labute approximate surface area is 203 Å². The Hall–Kier alpha value is -3.72. The van der Waals surface area contributed by atoms with Crippen LogP contribution < -0.4 is 15.0 Å². The lowest BCUT2D eigenvalue weighted by atomic mass is 9.95. The highest BCUT2D eigenvalue weighted by molar-refractivity contribution is 5.83. The Morgan fingerprint density at radius 1 is 1.06 bits per heavy atom. The quantitative estimate of drug-likeness (QED) is 0.438. The molecule has 182 valence electrons. The Morgan fingerprint density at radius 2 is 1.77 bits per heavy atom. The van der Waals surface area contributed by atoms with E-state index in [-0.39, 0.29) is 11.6 Å². The predicted octanol–water partition coefficient (Wildman–Crippen LogP) is 3.40. The number of benzene rings is 2. The lowest BCUT2D eigenvalue weighted by Gasteiger charge is -2.35. The van der Waals surface area contributed by atoms with Crippen molar-refractivity contribution in [2.75, 3.05) is 27.3 Å². The third-order valence-corrected chi connectivity index (χ3v) is 6.83. The standard InChI is InChI=1S/C26H30N6O3/c1-17-9-11-31(12-10-17)24(25-28-29-30-32(25)16-18-7-5-4-6-8-18)20-13-19-14-22(34-2)23(35-3)15-21(19)27-26(20)33/h4-8,13-15,17,24H,9-12,16H2,1-3H3,(H,27,33)/t24-/m1/s1. The number of pyridine rings is 1. The van der Waals surface area contributed by atoms with E-state index >= 15 is 0 Å². The monoisotopic (exact) mass is 474 g/mol. The molecule has 35 heavy (non-hydrogen) atoms. The Balaban J connectivity index is 1.63. The van der Waals surface area contributed by atoms with Crippen molar-refractivity contribution >= 4 is 10.9 Å². The van der Waals surface area contributed by atoms with E-state index in [2.05, 4.69) is 32.3 Å². The van der Waals surface area contributed by atoms with Gasteiger partial charge in [0.2, 0.25) is 0 Å². The van der Waals surface area contributed by atoms with Gasteiger partial charge in [-0.2, -0.15) is 0 Å². The molecule has 1 aliphatic rings. The number of methoxy groups -OCH3 is 2. The first-order valence-electron chi connectivity index (χ1n) is 11.9. The maximum absolute atomic E-state index is 13.5. The number of likely N-dealkylation sites (tertiary alicyclic amines) is 1. The molecule has 0 aliphatic carbocycles. The van der Waals surface area contributed by atoms with E-state index in [1.807, 2.05) is 42.5 Å². The topological polar surface area (TPSA) is 98.2 Å². The molecule has 5 rings (SSSR count). The van der Waals surface area contributed by atoms with Crippen molar-refractivity contribution in [3.8, 4) is 11.5 Å². The zero-order chi connectivity index (χ0) is 24.4. The molecular weight excluding hydrogens is 444 g/mol. The van der Waals surface area contributed by atoms with Crippen LogP contribution in [0.25, 0.3) is 10.9 Å². The van der Waals surface area contributed by atoms with Gasteiger partial charge in [-0.05, 0) is 60.0 Å². The number of hydrogen-bond acceptors (Lipinski definition) is 7. The average Bonchev–Trinajstić information content (AvgIpc) is 3.33. The summed E-state index contributed by atoms with van der Waals surface area (Å²) in [6, 6.07) is 15.3. The second-order valence-corrected chi connectivity index (χ2v) is 9.15. The summed E-state index contributed by atoms with van der Waals surface area (Å²) in [5.41, 5.74) is 2.23. The Morgan fingerprint density at radius 3 is 2.49 bits per heavy atom. The van der Waals surface area contributed by atoms with Gasteiger partial charge in [-0.3, -0.25) is 9.69 Å². The molecule has 1 aliphatic heterocycles. The molecule has 1 N–H and O–H groups in total. The molecule has 0 radical (unpaired) electrons. The maximum atomic E-state index is 13.5. The molecule has 1 saturated heterocycles. The number of nitrogens with one attached hydrogen (secondary N) is 1. The van der Waals surface area contributed by atoms with Gasteiger partial charge in [0.1, 0.15) is 6.04 Å². The number of hydrogen-bond donors (Lipinski definition) is 1. The van der Waals surface area contributed by atoms with Crippen molar-refractivity contribution in [1.29, 1.82) is 0 Å². The molecule has 1 atom stereocenters. The van der Waals surface area contributed by atoms with Gasteiger partial charge in [0.25, 0.3) is 5.56 Å². The number of aromatic nitrogens is 5. The van der Waals surface area contributed by atoms with Gasteiger partial charge in [-0.15, -0.1) is 5.10 Å². The SMILES string of the molecule is COc1cc2cc([C@H](c3nnnn3Cc3ccccc3)N3CCC(C)CC3)c(=O)[nH]c2cc1OC. The van der Waals surface area contributed by atoms with Crippen molar-refractivity contribution in [1.82, 2.24) is 30.1 Å². The van der Waals surface area contributed by atoms with Gasteiger partial charge >= 0.3 is 0 Å². The summed E-state index contributed by atoms with van der Waals surface area (Å²) in [7, 11) is 3.18.